The number of aromatic nitrogens is 2. The molecule has 0 atom stereocenters. The molecule has 0 saturated heterocycles. The number of allylic oxidation sites excluding steroid dienone is 5. The molecule has 2 heteroatoms. The van der Waals surface area contributed by atoms with Gasteiger partial charge in [0.1, 0.15) is 0 Å². The molecule has 0 aromatic carbocycles. The fraction of sp³-hybridized carbons (Fsp3) is 0.125. The summed E-state index contributed by atoms with van der Waals surface area (Å²) in [4.78, 5) is 8.97. The van der Waals surface area contributed by atoms with Crippen molar-refractivity contribution < 1.29 is 0 Å². The van der Waals surface area contributed by atoms with E-state index in [1.54, 1.807) is 6.20 Å². The SMILES string of the molecule is C=C/C(=C\C=C/C)c1nc2cccnc2cc1C. The van der Waals surface area contributed by atoms with E-state index in [2.05, 4.69) is 22.6 Å². The summed E-state index contributed by atoms with van der Waals surface area (Å²) in [7, 11) is 0. The standard InChI is InChI=1S/C16H16N2/c1-4-6-8-13(5-2)16-12(3)11-15-14(18-16)9-7-10-17-15/h4-11H,2H2,1,3H3/b6-4-,13-8+. The number of hydrogen-bond acceptors (Lipinski definition) is 2. The summed E-state index contributed by atoms with van der Waals surface area (Å²) in [6.45, 7) is 7.89. The zero-order valence-corrected chi connectivity index (χ0v) is 10.7. The number of nitrogens with zero attached hydrogens (tertiary/aromatic N) is 2. The van der Waals surface area contributed by atoms with E-state index in [4.69, 9.17) is 0 Å². The molecule has 2 aromatic heterocycles. The van der Waals surface area contributed by atoms with Crippen LogP contribution in [0.3, 0.4) is 0 Å². The maximum Gasteiger partial charge on any atom is 0.0894 e. The quantitative estimate of drug-likeness (QED) is 0.750. The van der Waals surface area contributed by atoms with Crippen molar-refractivity contribution in [3.05, 3.63) is 66.5 Å². The average molecular weight is 236 g/mol. The van der Waals surface area contributed by atoms with E-state index < -0.39 is 0 Å². The summed E-state index contributed by atoms with van der Waals surface area (Å²) in [5, 5.41) is 0. The van der Waals surface area contributed by atoms with Crippen LogP contribution in [0.15, 0.2) is 55.3 Å². The minimum absolute atomic E-state index is 0.909. The van der Waals surface area contributed by atoms with Gasteiger partial charge in [0.05, 0.1) is 16.7 Å². The molecule has 0 N–H and O–H groups in total. The van der Waals surface area contributed by atoms with Crippen molar-refractivity contribution in [2.24, 2.45) is 0 Å². The smallest absolute Gasteiger partial charge is 0.0894 e. The Labute approximate surface area is 107 Å². The fourth-order valence-corrected chi connectivity index (χ4v) is 1.83. The molecule has 18 heavy (non-hydrogen) atoms. The largest absolute Gasteiger partial charge is 0.255 e. The number of rotatable bonds is 3. The number of pyridine rings is 2. The van der Waals surface area contributed by atoms with Crippen LogP contribution < -0.4 is 0 Å². The predicted octanol–water partition coefficient (Wildman–Crippen LogP) is 4.08. The van der Waals surface area contributed by atoms with Crippen LogP contribution in [-0.4, -0.2) is 9.97 Å². The van der Waals surface area contributed by atoms with Crippen molar-refractivity contribution in [3.63, 3.8) is 0 Å². The summed E-state index contributed by atoms with van der Waals surface area (Å²) >= 11 is 0. The molecule has 0 amide bonds. The zero-order valence-electron chi connectivity index (χ0n) is 10.7. The van der Waals surface area contributed by atoms with Gasteiger partial charge in [0.2, 0.25) is 0 Å². The molecule has 90 valence electrons. The van der Waals surface area contributed by atoms with Gasteiger partial charge in [-0.15, -0.1) is 0 Å². The van der Waals surface area contributed by atoms with Gasteiger partial charge in [-0.3, -0.25) is 4.98 Å². The number of hydrogen-bond donors (Lipinski definition) is 0. The Morgan fingerprint density at radius 1 is 1.33 bits per heavy atom. The lowest BCUT2D eigenvalue weighted by molar-refractivity contribution is 1.25. The maximum atomic E-state index is 4.66. The van der Waals surface area contributed by atoms with Crippen molar-refractivity contribution in [2.45, 2.75) is 13.8 Å². The first kappa shape index (κ1) is 12.2. The lowest BCUT2D eigenvalue weighted by Gasteiger charge is -2.07. The Morgan fingerprint density at radius 3 is 2.89 bits per heavy atom. The molecule has 0 aliphatic carbocycles. The molecule has 2 aromatic rings. The lowest BCUT2D eigenvalue weighted by Crippen LogP contribution is -1.94. The minimum atomic E-state index is 0.909. The molecule has 2 heterocycles. The molecule has 0 saturated carbocycles. The van der Waals surface area contributed by atoms with E-state index in [9.17, 15) is 0 Å². The van der Waals surface area contributed by atoms with Crippen LogP contribution in [0.4, 0.5) is 0 Å². The summed E-state index contributed by atoms with van der Waals surface area (Å²) in [6, 6.07) is 5.93. The van der Waals surface area contributed by atoms with E-state index in [0.29, 0.717) is 0 Å². The topological polar surface area (TPSA) is 25.8 Å². The first-order chi connectivity index (χ1) is 8.76. The van der Waals surface area contributed by atoms with Crippen LogP contribution in [0.5, 0.6) is 0 Å². The molecule has 0 spiro atoms. The minimum Gasteiger partial charge on any atom is -0.255 e. The van der Waals surface area contributed by atoms with Gasteiger partial charge < -0.3 is 0 Å². The molecule has 0 aliphatic rings. The van der Waals surface area contributed by atoms with Gasteiger partial charge >= 0.3 is 0 Å². The van der Waals surface area contributed by atoms with Crippen molar-refractivity contribution in [1.29, 1.82) is 0 Å². The lowest BCUT2D eigenvalue weighted by atomic mass is 10.1. The van der Waals surface area contributed by atoms with Crippen LogP contribution in [0.2, 0.25) is 0 Å². The van der Waals surface area contributed by atoms with Gasteiger partial charge in [0.25, 0.3) is 0 Å². The van der Waals surface area contributed by atoms with Gasteiger partial charge in [0, 0.05) is 6.20 Å². The molecular weight excluding hydrogens is 220 g/mol. The van der Waals surface area contributed by atoms with Crippen LogP contribution in [0.1, 0.15) is 18.2 Å². The normalized spacial score (nSPS) is 12.2. The van der Waals surface area contributed by atoms with Crippen LogP contribution >= 0.6 is 0 Å². The molecule has 0 aliphatic heterocycles. The van der Waals surface area contributed by atoms with Crippen LogP contribution in [0, 0.1) is 6.92 Å². The highest BCUT2D eigenvalue weighted by Crippen LogP contribution is 2.21. The summed E-state index contributed by atoms with van der Waals surface area (Å²) in [5.74, 6) is 0. The Morgan fingerprint density at radius 2 is 2.17 bits per heavy atom. The van der Waals surface area contributed by atoms with Crippen LogP contribution in [-0.2, 0) is 0 Å². The first-order valence-electron chi connectivity index (χ1n) is 5.94. The van der Waals surface area contributed by atoms with Gasteiger partial charge in [-0.25, -0.2) is 4.98 Å². The third-order valence-corrected chi connectivity index (χ3v) is 2.74. The predicted molar refractivity (Wildman–Crippen MR) is 77.3 cm³/mol. The fourth-order valence-electron chi connectivity index (χ4n) is 1.83. The summed E-state index contributed by atoms with van der Waals surface area (Å²) in [6.07, 6.45) is 9.61. The average Bonchev–Trinajstić information content (AvgIpc) is 2.40. The van der Waals surface area contributed by atoms with Gasteiger partial charge in [-0.1, -0.05) is 30.9 Å². The molecule has 0 fully saturated rings. The van der Waals surface area contributed by atoms with Gasteiger partial charge in [-0.2, -0.15) is 0 Å². The summed E-state index contributed by atoms with van der Waals surface area (Å²) < 4.78 is 0. The molecular formula is C16H16N2. The molecule has 0 bridgehead atoms. The number of aryl methyl sites for hydroxylation is 1. The maximum absolute atomic E-state index is 4.66. The Hall–Kier alpha value is -2.22. The highest BCUT2D eigenvalue weighted by atomic mass is 14.8. The van der Waals surface area contributed by atoms with Crippen LogP contribution in [0.25, 0.3) is 16.6 Å². The highest BCUT2D eigenvalue weighted by Gasteiger charge is 2.06. The molecule has 2 nitrogen and oxygen atoms in total. The van der Waals surface area contributed by atoms with E-state index in [1.165, 1.54) is 0 Å². The van der Waals surface area contributed by atoms with Crippen molar-refractivity contribution in [2.75, 3.05) is 0 Å². The third-order valence-electron chi connectivity index (χ3n) is 2.74. The van der Waals surface area contributed by atoms with Crippen molar-refractivity contribution in [1.82, 2.24) is 9.97 Å². The Balaban J connectivity index is 2.63. The van der Waals surface area contributed by atoms with E-state index in [-0.39, 0.29) is 0 Å². The van der Waals surface area contributed by atoms with Gasteiger partial charge in [0.15, 0.2) is 0 Å². The second-order valence-corrected chi connectivity index (χ2v) is 4.05. The molecule has 2 rings (SSSR count). The molecule has 0 radical (unpaired) electrons. The second-order valence-electron chi connectivity index (χ2n) is 4.05. The Bertz CT molecular complexity index is 637. The first-order valence-corrected chi connectivity index (χ1v) is 5.94. The monoisotopic (exact) mass is 236 g/mol. The zero-order chi connectivity index (χ0) is 13.0. The third kappa shape index (κ3) is 2.38. The molecule has 0 unspecified atom stereocenters. The highest BCUT2D eigenvalue weighted by molar-refractivity contribution is 5.82. The Kier molecular flexibility index (Phi) is 3.68. The van der Waals surface area contributed by atoms with E-state index in [1.807, 2.05) is 50.3 Å². The van der Waals surface area contributed by atoms with E-state index >= 15 is 0 Å². The van der Waals surface area contributed by atoms with Gasteiger partial charge in [-0.05, 0) is 43.2 Å². The van der Waals surface area contributed by atoms with Crippen molar-refractivity contribution in [3.8, 4) is 0 Å². The van der Waals surface area contributed by atoms with E-state index in [0.717, 1.165) is 27.9 Å². The second kappa shape index (κ2) is 5.41. The summed E-state index contributed by atoms with van der Waals surface area (Å²) in [5.41, 5.74) is 4.93. The van der Waals surface area contributed by atoms with Crippen molar-refractivity contribution >= 4 is 16.6 Å². The number of fused-ring (bicyclic) bond motifs is 1.